The van der Waals surface area contributed by atoms with Crippen LogP contribution in [0.5, 0.6) is 0 Å². The molecule has 0 heterocycles. The molecule has 0 unspecified atom stereocenters. The van der Waals surface area contributed by atoms with E-state index < -0.39 is 0 Å². The van der Waals surface area contributed by atoms with E-state index in [1.54, 1.807) is 36.4 Å². The van der Waals surface area contributed by atoms with Crippen LogP contribution in [0.4, 0.5) is 11.4 Å². The van der Waals surface area contributed by atoms with E-state index in [4.69, 9.17) is 5.73 Å². The van der Waals surface area contributed by atoms with E-state index in [0.29, 0.717) is 23.5 Å². The van der Waals surface area contributed by atoms with E-state index in [9.17, 15) is 9.59 Å². The van der Waals surface area contributed by atoms with Gasteiger partial charge in [-0.25, -0.2) is 0 Å². The first-order valence-corrected chi connectivity index (χ1v) is 9.26. The molecule has 0 aliphatic rings. The molecule has 160 valence electrons. The highest BCUT2D eigenvalue weighted by atomic mass is 35.5. The Bertz CT molecular complexity index is 766. The number of nitrogens with zero attached hydrogens (tertiary/aromatic N) is 1. The van der Waals surface area contributed by atoms with Gasteiger partial charge < -0.3 is 21.3 Å². The van der Waals surface area contributed by atoms with Gasteiger partial charge >= 0.3 is 0 Å². The van der Waals surface area contributed by atoms with Crippen LogP contribution in [0.3, 0.4) is 0 Å². The molecule has 2 amide bonds. The standard InChI is InChI=1S/C21H28N4O2.2ClH/c1-3-25(4-2)13-12-23-21(27)17-6-5-7-19(15-17)24-20(26)14-16-8-10-18(22)11-9-16;;/h5-11,15H,3-4,12-14,22H2,1-2H3,(H,23,27)(H,24,26);2*1H. The quantitative estimate of drug-likeness (QED) is 0.521. The number of hydrogen-bond donors (Lipinski definition) is 3. The highest BCUT2D eigenvalue weighted by Crippen LogP contribution is 2.12. The van der Waals surface area contributed by atoms with Crippen LogP contribution in [0.15, 0.2) is 48.5 Å². The molecular weight excluding hydrogens is 411 g/mol. The number of nitrogens with two attached hydrogens (primary N) is 1. The van der Waals surface area contributed by atoms with E-state index >= 15 is 0 Å². The van der Waals surface area contributed by atoms with Crippen LogP contribution in [-0.4, -0.2) is 42.9 Å². The van der Waals surface area contributed by atoms with Crippen LogP contribution in [0.2, 0.25) is 0 Å². The molecule has 4 N–H and O–H groups in total. The van der Waals surface area contributed by atoms with Gasteiger partial charge in [-0.15, -0.1) is 24.8 Å². The molecule has 2 rings (SSSR count). The lowest BCUT2D eigenvalue weighted by atomic mass is 10.1. The summed E-state index contributed by atoms with van der Waals surface area (Å²) in [6.45, 7) is 7.53. The van der Waals surface area contributed by atoms with Crippen LogP contribution in [0, 0.1) is 0 Å². The summed E-state index contributed by atoms with van der Waals surface area (Å²) in [5.74, 6) is -0.282. The molecule has 8 heteroatoms. The molecule has 0 aliphatic heterocycles. The van der Waals surface area contributed by atoms with Crippen molar-refractivity contribution in [2.24, 2.45) is 0 Å². The lowest BCUT2D eigenvalue weighted by molar-refractivity contribution is -0.115. The minimum absolute atomic E-state index is 0. The third-order valence-electron chi connectivity index (χ3n) is 4.36. The molecule has 0 spiro atoms. The Balaban J connectivity index is 0.00000392. The van der Waals surface area contributed by atoms with Gasteiger partial charge in [-0.3, -0.25) is 9.59 Å². The van der Waals surface area contributed by atoms with Crippen molar-refractivity contribution in [3.05, 3.63) is 59.7 Å². The predicted octanol–water partition coefficient (Wildman–Crippen LogP) is 3.37. The summed E-state index contributed by atoms with van der Waals surface area (Å²) in [5, 5.41) is 5.75. The van der Waals surface area contributed by atoms with Crippen molar-refractivity contribution in [2.75, 3.05) is 37.2 Å². The maximum atomic E-state index is 12.3. The molecule has 0 fully saturated rings. The number of carbonyl (C=O) groups is 2. The van der Waals surface area contributed by atoms with Gasteiger partial charge in [-0.1, -0.05) is 32.0 Å². The monoisotopic (exact) mass is 440 g/mol. The first-order chi connectivity index (χ1) is 13.0. The first-order valence-electron chi connectivity index (χ1n) is 9.26. The van der Waals surface area contributed by atoms with Gasteiger partial charge in [0.2, 0.25) is 5.91 Å². The van der Waals surface area contributed by atoms with E-state index in [-0.39, 0.29) is 43.0 Å². The molecule has 0 saturated carbocycles. The van der Waals surface area contributed by atoms with Crippen molar-refractivity contribution in [2.45, 2.75) is 20.3 Å². The largest absolute Gasteiger partial charge is 0.399 e. The van der Waals surface area contributed by atoms with E-state index in [1.807, 2.05) is 12.1 Å². The summed E-state index contributed by atoms with van der Waals surface area (Å²) >= 11 is 0. The number of rotatable bonds is 9. The number of amides is 2. The summed E-state index contributed by atoms with van der Waals surface area (Å²) in [7, 11) is 0. The molecule has 29 heavy (non-hydrogen) atoms. The normalized spacial score (nSPS) is 9.90. The molecule has 0 saturated heterocycles. The maximum Gasteiger partial charge on any atom is 0.251 e. The highest BCUT2D eigenvalue weighted by Gasteiger charge is 2.09. The Labute approximate surface area is 185 Å². The van der Waals surface area contributed by atoms with Crippen LogP contribution in [-0.2, 0) is 11.2 Å². The Morgan fingerprint density at radius 1 is 1.00 bits per heavy atom. The number of anilines is 2. The predicted molar refractivity (Wildman–Crippen MR) is 124 cm³/mol. The Hall–Kier alpha value is -2.28. The fourth-order valence-electron chi connectivity index (χ4n) is 2.73. The lowest BCUT2D eigenvalue weighted by Crippen LogP contribution is -2.34. The molecule has 0 aromatic heterocycles. The Morgan fingerprint density at radius 2 is 1.66 bits per heavy atom. The summed E-state index contributed by atoms with van der Waals surface area (Å²) in [6, 6.07) is 14.2. The number of carbonyl (C=O) groups excluding carboxylic acids is 2. The molecule has 0 radical (unpaired) electrons. The molecular formula is C21H30Cl2N4O2. The lowest BCUT2D eigenvalue weighted by Gasteiger charge is -2.18. The maximum absolute atomic E-state index is 12.3. The number of benzene rings is 2. The Morgan fingerprint density at radius 3 is 2.28 bits per heavy atom. The van der Waals surface area contributed by atoms with Crippen molar-refractivity contribution in [1.29, 1.82) is 0 Å². The highest BCUT2D eigenvalue weighted by molar-refractivity contribution is 5.97. The molecule has 2 aromatic carbocycles. The third-order valence-corrected chi connectivity index (χ3v) is 4.36. The van der Waals surface area contributed by atoms with Gasteiger partial charge in [-0.2, -0.15) is 0 Å². The second-order valence-corrected chi connectivity index (χ2v) is 6.33. The van der Waals surface area contributed by atoms with E-state index in [1.165, 1.54) is 0 Å². The molecule has 2 aromatic rings. The smallest absolute Gasteiger partial charge is 0.251 e. The Kier molecular flexibility index (Phi) is 12.7. The van der Waals surface area contributed by atoms with Crippen molar-refractivity contribution in [3.63, 3.8) is 0 Å². The SMILES string of the molecule is CCN(CC)CCNC(=O)c1cccc(NC(=O)Cc2ccc(N)cc2)c1.Cl.Cl. The minimum atomic E-state index is -0.142. The summed E-state index contributed by atoms with van der Waals surface area (Å²) in [5.41, 5.74) is 8.33. The second kappa shape index (κ2) is 13.8. The van der Waals surface area contributed by atoms with Crippen molar-refractivity contribution >= 4 is 48.0 Å². The van der Waals surface area contributed by atoms with Crippen LogP contribution in [0.25, 0.3) is 0 Å². The number of likely N-dealkylation sites (N-methyl/N-ethyl adjacent to an activating group) is 1. The van der Waals surface area contributed by atoms with Crippen molar-refractivity contribution in [1.82, 2.24) is 10.2 Å². The molecule has 6 nitrogen and oxygen atoms in total. The van der Waals surface area contributed by atoms with Gasteiger partial charge in [0.1, 0.15) is 0 Å². The van der Waals surface area contributed by atoms with E-state index in [2.05, 4.69) is 29.4 Å². The zero-order chi connectivity index (χ0) is 19.6. The fraction of sp³-hybridized carbons (Fsp3) is 0.333. The summed E-state index contributed by atoms with van der Waals surface area (Å²) in [6.07, 6.45) is 0.251. The fourth-order valence-corrected chi connectivity index (χ4v) is 2.73. The van der Waals surface area contributed by atoms with Crippen LogP contribution < -0.4 is 16.4 Å². The first kappa shape index (κ1) is 26.7. The number of hydrogen-bond acceptors (Lipinski definition) is 4. The van der Waals surface area contributed by atoms with Crippen LogP contribution in [0.1, 0.15) is 29.8 Å². The van der Waals surface area contributed by atoms with Crippen molar-refractivity contribution < 1.29 is 9.59 Å². The third kappa shape index (κ3) is 9.17. The summed E-state index contributed by atoms with van der Waals surface area (Å²) in [4.78, 5) is 26.8. The molecule has 0 bridgehead atoms. The molecule has 0 atom stereocenters. The molecule has 0 aliphatic carbocycles. The summed E-state index contributed by atoms with van der Waals surface area (Å²) < 4.78 is 0. The van der Waals surface area contributed by atoms with Crippen molar-refractivity contribution in [3.8, 4) is 0 Å². The van der Waals surface area contributed by atoms with Gasteiger partial charge in [-0.05, 0) is 49.0 Å². The average Bonchev–Trinajstić information content (AvgIpc) is 2.67. The number of nitrogens with one attached hydrogen (secondary N) is 2. The number of halogens is 2. The average molecular weight is 441 g/mol. The van der Waals surface area contributed by atoms with Gasteiger partial charge in [0, 0.05) is 30.0 Å². The second-order valence-electron chi connectivity index (χ2n) is 6.33. The zero-order valence-electron chi connectivity index (χ0n) is 16.8. The topological polar surface area (TPSA) is 87.5 Å². The number of nitrogen functional groups attached to an aromatic ring is 1. The van der Waals surface area contributed by atoms with Gasteiger partial charge in [0.05, 0.1) is 6.42 Å². The van der Waals surface area contributed by atoms with Gasteiger partial charge in [0.25, 0.3) is 5.91 Å². The van der Waals surface area contributed by atoms with E-state index in [0.717, 1.165) is 25.2 Å². The van der Waals surface area contributed by atoms with Gasteiger partial charge in [0.15, 0.2) is 0 Å². The zero-order valence-corrected chi connectivity index (χ0v) is 18.4. The minimum Gasteiger partial charge on any atom is -0.399 e. The van der Waals surface area contributed by atoms with Crippen LogP contribution >= 0.6 is 24.8 Å².